The summed E-state index contributed by atoms with van der Waals surface area (Å²) in [6, 6.07) is 17.3. The van der Waals surface area contributed by atoms with Crippen LogP contribution in [-0.2, 0) is 26.4 Å². The number of allylic oxidation sites excluding steroid dienone is 6. The van der Waals surface area contributed by atoms with Gasteiger partial charge in [-0.05, 0) is 88.1 Å². The van der Waals surface area contributed by atoms with Gasteiger partial charge in [0.05, 0.1) is 31.4 Å². The summed E-state index contributed by atoms with van der Waals surface area (Å²) in [5.41, 5.74) is 2.51. The van der Waals surface area contributed by atoms with Crippen LogP contribution in [-0.4, -0.2) is 24.4 Å². The molecule has 5 nitrogen and oxygen atoms in total. The Hall–Kier alpha value is -3.81. The molecule has 206 valence electrons. The molecule has 0 saturated carbocycles. The molecule has 0 radical (unpaired) electrons. The van der Waals surface area contributed by atoms with Crippen LogP contribution in [0.15, 0.2) is 107 Å². The standard InChI is InChI=1S/C33H32O5S2/c1-23-13-17-26(18-14-23)39(37)32-11-7-3-5-9-25(34)10-6-4-8-12-33(29-22-30(35)28(32)21-31(29)36)40(38)27-19-15-24(2)16-20-27/h5-6,9-22,35-36H,3-4,7-8H2,1-2H3/b9-5-,10-6-,32-11+,33-12+. The highest BCUT2D eigenvalue weighted by Gasteiger charge is 2.22. The second kappa shape index (κ2) is 13.5. The highest BCUT2D eigenvalue weighted by atomic mass is 32.2. The number of carbonyl (C=O) groups excluding carboxylic acids is 1. The largest absolute Gasteiger partial charge is 0.507 e. The lowest BCUT2D eigenvalue weighted by molar-refractivity contribution is -0.110. The predicted octanol–water partition coefficient (Wildman–Crippen LogP) is 7.27. The van der Waals surface area contributed by atoms with Crippen LogP contribution in [0.3, 0.4) is 0 Å². The normalized spacial score (nSPS) is 20.4. The van der Waals surface area contributed by atoms with E-state index in [1.807, 2.05) is 38.1 Å². The van der Waals surface area contributed by atoms with Crippen molar-refractivity contribution in [2.24, 2.45) is 0 Å². The smallest absolute Gasteiger partial charge is 0.177 e. The second-order valence-corrected chi connectivity index (χ2v) is 12.4. The molecule has 2 N–H and O–H groups in total. The van der Waals surface area contributed by atoms with Gasteiger partial charge >= 0.3 is 0 Å². The fourth-order valence-corrected chi connectivity index (χ4v) is 6.74. The van der Waals surface area contributed by atoms with E-state index >= 15 is 0 Å². The summed E-state index contributed by atoms with van der Waals surface area (Å²) < 4.78 is 27.4. The Kier molecular flexibility index (Phi) is 9.85. The fraction of sp³-hybridized carbons (Fsp3) is 0.182. The van der Waals surface area contributed by atoms with Crippen molar-refractivity contribution in [3.8, 4) is 11.5 Å². The highest BCUT2D eigenvalue weighted by molar-refractivity contribution is 7.95. The van der Waals surface area contributed by atoms with Crippen molar-refractivity contribution < 1.29 is 23.4 Å². The van der Waals surface area contributed by atoms with Crippen LogP contribution in [0, 0.1) is 13.8 Å². The zero-order valence-electron chi connectivity index (χ0n) is 22.5. The van der Waals surface area contributed by atoms with Gasteiger partial charge in [0.2, 0.25) is 0 Å². The van der Waals surface area contributed by atoms with Crippen LogP contribution in [0.5, 0.6) is 11.5 Å². The predicted molar refractivity (Wildman–Crippen MR) is 163 cm³/mol. The molecule has 40 heavy (non-hydrogen) atoms. The van der Waals surface area contributed by atoms with Crippen LogP contribution in [0.4, 0.5) is 0 Å². The van der Waals surface area contributed by atoms with Crippen LogP contribution in [0.25, 0.3) is 9.81 Å². The number of carbonyl (C=O) groups is 1. The Morgan fingerprint density at radius 1 is 0.600 bits per heavy atom. The lowest BCUT2D eigenvalue weighted by Gasteiger charge is -2.15. The van der Waals surface area contributed by atoms with Crippen LogP contribution in [0.2, 0.25) is 0 Å². The Morgan fingerprint density at radius 2 is 0.975 bits per heavy atom. The first kappa shape index (κ1) is 29.2. The third-order valence-electron chi connectivity index (χ3n) is 6.40. The van der Waals surface area contributed by atoms with Gasteiger partial charge in [-0.1, -0.05) is 59.7 Å². The molecule has 2 atom stereocenters. The average Bonchev–Trinajstić information content (AvgIpc) is 2.94. The number of rotatable bonds is 4. The molecule has 7 heteroatoms. The van der Waals surface area contributed by atoms with Crippen molar-refractivity contribution >= 4 is 37.2 Å². The number of phenolic OH excluding ortho intramolecular Hbond substituents is 2. The third-order valence-corrected chi connectivity index (χ3v) is 9.38. The molecule has 3 aromatic rings. The minimum Gasteiger partial charge on any atom is -0.507 e. The third kappa shape index (κ3) is 7.23. The van der Waals surface area contributed by atoms with E-state index in [1.165, 1.54) is 24.3 Å². The van der Waals surface area contributed by atoms with E-state index < -0.39 is 21.6 Å². The van der Waals surface area contributed by atoms with E-state index in [0.717, 1.165) is 11.1 Å². The highest BCUT2D eigenvalue weighted by Crippen LogP contribution is 2.40. The molecule has 0 fully saturated rings. The van der Waals surface area contributed by atoms with E-state index in [4.69, 9.17) is 0 Å². The maximum Gasteiger partial charge on any atom is 0.177 e. The van der Waals surface area contributed by atoms with Gasteiger partial charge in [-0.25, -0.2) is 8.42 Å². The molecule has 0 amide bonds. The maximum atomic E-state index is 13.7. The van der Waals surface area contributed by atoms with E-state index in [9.17, 15) is 23.4 Å². The van der Waals surface area contributed by atoms with Gasteiger partial charge in [0, 0.05) is 20.9 Å². The zero-order valence-corrected chi connectivity index (χ0v) is 24.1. The van der Waals surface area contributed by atoms with Crippen molar-refractivity contribution in [1.29, 1.82) is 0 Å². The van der Waals surface area contributed by atoms with Crippen molar-refractivity contribution in [2.45, 2.75) is 49.3 Å². The second-order valence-electron chi connectivity index (χ2n) is 9.55. The number of benzene rings is 3. The molecule has 3 aromatic carbocycles. The number of hydrogen-bond acceptors (Lipinski definition) is 5. The summed E-state index contributed by atoms with van der Waals surface area (Å²) in [5.74, 6) is -0.492. The Bertz CT molecular complexity index is 1440. The SMILES string of the molecule is Cc1ccc(S(=O)/C2=C/CC/C=C\C(=O)/C=C\CC/C=C(/S(=O)c3ccc(C)cc3)c3cc(O)c2cc3O)cc1. The minimum atomic E-state index is -1.65. The summed E-state index contributed by atoms with van der Waals surface area (Å²) in [6.45, 7) is 3.88. The van der Waals surface area contributed by atoms with E-state index in [2.05, 4.69) is 0 Å². The first-order chi connectivity index (χ1) is 19.2. The minimum absolute atomic E-state index is 0.133. The van der Waals surface area contributed by atoms with Crippen molar-refractivity contribution in [3.63, 3.8) is 0 Å². The van der Waals surface area contributed by atoms with E-state index in [-0.39, 0.29) is 28.4 Å². The molecule has 0 aliphatic heterocycles. The molecule has 2 bridgehead atoms. The lowest BCUT2D eigenvalue weighted by atomic mass is 10.1. The lowest BCUT2D eigenvalue weighted by Crippen LogP contribution is -2.01. The topological polar surface area (TPSA) is 91.7 Å². The van der Waals surface area contributed by atoms with Gasteiger partial charge < -0.3 is 10.2 Å². The molecule has 0 aromatic heterocycles. The van der Waals surface area contributed by atoms with Crippen molar-refractivity contribution in [3.05, 3.63) is 119 Å². The van der Waals surface area contributed by atoms with Crippen LogP contribution in [0.1, 0.15) is 47.9 Å². The Morgan fingerprint density at radius 3 is 1.35 bits per heavy atom. The molecule has 0 spiro atoms. The van der Waals surface area contributed by atoms with Gasteiger partial charge in [0.1, 0.15) is 11.5 Å². The number of aryl methyl sites for hydroxylation is 2. The summed E-state index contributed by atoms with van der Waals surface area (Å²) in [6.07, 6.45) is 12.0. The number of fused-ring (bicyclic) bond motifs is 10. The average molecular weight is 573 g/mol. The van der Waals surface area contributed by atoms with Gasteiger partial charge in [0.25, 0.3) is 0 Å². The number of hydrogen-bond donors (Lipinski definition) is 2. The molecular formula is C33H32O5S2. The summed E-state index contributed by atoms with van der Waals surface area (Å²) in [5, 5.41) is 22.4. The van der Waals surface area contributed by atoms with Crippen LogP contribution < -0.4 is 0 Å². The quantitative estimate of drug-likeness (QED) is 0.321. The van der Waals surface area contributed by atoms with Crippen LogP contribution >= 0.6 is 0 Å². The number of ketones is 1. The molecule has 0 heterocycles. The summed E-state index contributed by atoms with van der Waals surface area (Å²) in [7, 11) is -3.31. The van der Waals surface area contributed by atoms with Gasteiger partial charge in [0.15, 0.2) is 5.78 Å². The molecule has 2 unspecified atom stereocenters. The molecule has 5 rings (SSSR count). The Labute approximate surface area is 240 Å². The van der Waals surface area contributed by atoms with Gasteiger partial charge in [-0.3, -0.25) is 4.79 Å². The number of phenols is 2. The molecule has 0 saturated heterocycles. The fourth-order valence-electron chi connectivity index (χ4n) is 4.20. The first-order valence-electron chi connectivity index (χ1n) is 13.1. The first-order valence-corrected chi connectivity index (χ1v) is 15.4. The summed E-state index contributed by atoms with van der Waals surface area (Å²) >= 11 is 0. The van der Waals surface area contributed by atoms with E-state index in [0.29, 0.717) is 45.3 Å². The zero-order chi connectivity index (χ0) is 28.6. The molecule has 2 aliphatic carbocycles. The molecular weight excluding hydrogens is 540 g/mol. The maximum absolute atomic E-state index is 13.7. The van der Waals surface area contributed by atoms with Gasteiger partial charge in [-0.2, -0.15) is 0 Å². The Balaban J connectivity index is 1.85. The molecule has 2 aliphatic rings. The van der Waals surface area contributed by atoms with Crippen molar-refractivity contribution in [2.75, 3.05) is 0 Å². The van der Waals surface area contributed by atoms with E-state index in [1.54, 1.807) is 48.6 Å². The van der Waals surface area contributed by atoms with Gasteiger partial charge in [-0.15, -0.1) is 0 Å². The number of aromatic hydroxyl groups is 2. The summed E-state index contributed by atoms with van der Waals surface area (Å²) in [4.78, 5) is 14.0. The monoisotopic (exact) mass is 572 g/mol. The van der Waals surface area contributed by atoms with Crippen molar-refractivity contribution in [1.82, 2.24) is 0 Å².